The van der Waals surface area contributed by atoms with Crippen LogP contribution in [0.25, 0.3) is 11.4 Å². The van der Waals surface area contributed by atoms with Gasteiger partial charge in [0, 0.05) is 6.20 Å². The van der Waals surface area contributed by atoms with E-state index in [0.29, 0.717) is 17.2 Å². The van der Waals surface area contributed by atoms with Gasteiger partial charge in [0.05, 0.1) is 29.2 Å². The first kappa shape index (κ1) is 11.5. The van der Waals surface area contributed by atoms with E-state index in [9.17, 15) is 4.79 Å². The van der Waals surface area contributed by atoms with Gasteiger partial charge < -0.3 is 0 Å². The highest BCUT2D eigenvalue weighted by Gasteiger charge is 2.18. The van der Waals surface area contributed by atoms with Crippen LogP contribution in [0, 0.1) is 6.92 Å². The van der Waals surface area contributed by atoms with E-state index in [4.69, 9.17) is 0 Å². The standard InChI is InChI=1S/C13H11N5O/c1-8-15-10(9-4-2-3-5-14-9)6-11(16-8)12-7-13(19)18-17-12/h2-6H,7H2,1H3,(H,18,19). The van der Waals surface area contributed by atoms with Gasteiger partial charge in [-0.15, -0.1) is 0 Å². The number of rotatable bonds is 2. The molecule has 6 nitrogen and oxygen atoms in total. The van der Waals surface area contributed by atoms with Crippen LogP contribution in [-0.4, -0.2) is 26.6 Å². The van der Waals surface area contributed by atoms with Crippen LogP contribution in [0.15, 0.2) is 35.6 Å². The summed E-state index contributed by atoms with van der Waals surface area (Å²) in [6.07, 6.45) is 1.96. The molecule has 1 amide bonds. The predicted molar refractivity (Wildman–Crippen MR) is 69.3 cm³/mol. The summed E-state index contributed by atoms with van der Waals surface area (Å²) in [7, 11) is 0. The number of hydrogen-bond acceptors (Lipinski definition) is 5. The van der Waals surface area contributed by atoms with Crippen LogP contribution in [0.3, 0.4) is 0 Å². The molecule has 0 saturated carbocycles. The van der Waals surface area contributed by atoms with E-state index in [2.05, 4.69) is 25.5 Å². The topological polar surface area (TPSA) is 80.1 Å². The van der Waals surface area contributed by atoms with E-state index in [1.165, 1.54) is 0 Å². The third-order valence-corrected chi connectivity index (χ3v) is 2.70. The highest BCUT2D eigenvalue weighted by Crippen LogP contribution is 2.16. The fourth-order valence-corrected chi connectivity index (χ4v) is 1.87. The fraction of sp³-hybridized carbons (Fsp3) is 0.154. The minimum Gasteiger partial charge on any atom is -0.273 e. The Balaban J connectivity index is 2.04. The van der Waals surface area contributed by atoms with Crippen molar-refractivity contribution in [3.8, 4) is 11.4 Å². The third-order valence-electron chi connectivity index (χ3n) is 2.70. The number of carbonyl (C=O) groups excluding carboxylic acids is 1. The Morgan fingerprint density at radius 3 is 2.68 bits per heavy atom. The quantitative estimate of drug-likeness (QED) is 0.868. The maximum absolute atomic E-state index is 11.2. The Labute approximate surface area is 109 Å². The lowest BCUT2D eigenvalue weighted by Gasteiger charge is -2.04. The minimum absolute atomic E-state index is 0.120. The fourth-order valence-electron chi connectivity index (χ4n) is 1.87. The molecule has 0 spiro atoms. The number of aryl methyl sites for hydroxylation is 1. The van der Waals surface area contributed by atoms with Crippen molar-refractivity contribution in [1.29, 1.82) is 0 Å². The van der Waals surface area contributed by atoms with E-state index in [-0.39, 0.29) is 12.3 Å². The molecule has 19 heavy (non-hydrogen) atoms. The Morgan fingerprint density at radius 2 is 2.00 bits per heavy atom. The van der Waals surface area contributed by atoms with Gasteiger partial charge >= 0.3 is 0 Å². The summed E-state index contributed by atoms with van der Waals surface area (Å²) in [5, 5.41) is 3.97. The molecule has 0 fully saturated rings. The first-order valence-electron chi connectivity index (χ1n) is 5.85. The molecule has 94 valence electrons. The van der Waals surface area contributed by atoms with Crippen LogP contribution in [0.2, 0.25) is 0 Å². The summed E-state index contributed by atoms with van der Waals surface area (Å²) in [4.78, 5) is 24.1. The molecule has 3 rings (SSSR count). The highest BCUT2D eigenvalue weighted by molar-refractivity contribution is 6.12. The monoisotopic (exact) mass is 253 g/mol. The Bertz CT molecular complexity index is 666. The molecular formula is C13H11N5O. The Kier molecular flexibility index (Phi) is 2.75. The summed E-state index contributed by atoms with van der Waals surface area (Å²) >= 11 is 0. The third kappa shape index (κ3) is 2.33. The van der Waals surface area contributed by atoms with E-state index in [1.54, 1.807) is 19.2 Å². The van der Waals surface area contributed by atoms with Gasteiger partial charge in [0.2, 0.25) is 5.91 Å². The molecule has 0 aliphatic carbocycles. The summed E-state index contributed by atoms with van der Waals surface area (Å²) in [6, 6.07) is 7.43. The van der Waals surface area contributed by atoms with Crippen LogP contribution >= 0.6 is 0 Å². The van der Waals surface area contributed by atoms with Crippen molar-refractivity contribution in [2.75, 3.05) is 0 Å². The lowest BCUT2D eigenvalue weighted by Crippen LogP contribution is -2.10. The molecule has 0 radical (unpaired) electrons. The first-order valence-corrected chi connectivity index (χ1v) is 5.85. The van der Waals surface area contributed by atoms with Crippen LogP contribution in [0.5, 0.6) is 0 Å². The maximum atomic E-state index is 11.2. The van der Waals surface area contributed by atoms with E-state index >= 15 is 0 Å². The van der Waals surface area contributed by atoms with E-state index < -0.39 is 0 Å². The second kappa shape index (κ2) is 4.56. The van der Waals surface area contributed by atoms with Gasteiger partial charge in [-0.05, 0) is 25.1 Å². The lowest BCUT2D eigenvalue weighted by atomic mass is 10.1. The average molecular weight is 253 g/mol. The maximum Gasteiger partial charge on any atom is 0.246 e. The molecule has 6 heteroatoms. The zero-order valence-corrected chi connectivity index (χ0v) is 10.3. The summed E-state index contributed by atoms with van der Waals surface area (Å²) < 4.78 is 0. The molecule has 0 bridgehead atoms. The van der Waals surface area contributed by atoms with Crippen LogP contribution in [0.4, 0.5) is 0 Å². The smallest absolute Gasteiger partial charge is 0.246 e. The number of hydrazone groups is 1. The Hall–Kier alpha value is -2.63. The highest BCUT2D eigenvalue weighted by atomic mass is 16.2. The minimum atomic E-state index is -0.120. The molecule has 2 aromatic rings. The number of carbonyl (C=O) groups is 1. The largest absolute Gasteiger partial charge is 0.273 e. The molecule has 0 unspecified atom stereocenters. The number of amides is 1. The number of aromatic nitrogens is 3. The normalized spacial score (nSPS) is 14.2. The molecule has 1 aliphatic heterocycles. The molecule has 0 atom stereocenters. The molecule has 2 aromatic heterocycles. The van der Waals surface area contributed by atoms with Crippen molar-refractivity contribution < 1.29 is 4.79 Å². The van der Waals surface area contributed by atoms with Gasteiger partial charge in [-0.1, -0.05) is 6.07 Å². The molecule has 3 heterocycles. The number of nitrogens with zero attached hydrogens (tertiary/aromatic N) is 4. The van der Waals surface area contributed by atoms with Crippen LogP contribution in [-0.2, 0) is 4.79 Å². The van der Waals surface area contributed by atoms with Gasteiger partial charge in [-0.2, -0.15) is 5.10 Å². The van der Waals surface area contributed by atoms with Crippen molar-refractivity contribution >= 4 is 11.6 Å². The number of pyridine rings is 1. The zero-order valence-electron chi connectivity index (χ0n) is 10.3. The number of hydrogen-bond donors (Lipinski definition) is 1. The summed E-state index contributed by atoms with van der Waals surface area (Å²) in [6.45, 7) is 1.81. The van der Waals surface area contributed by atoms with Crippen molar-refractivity contribution in [2.24, 2.45) is 5.10 Å². The van der Waals surface area contributed by atoms with E-state index in [0.717, 1.165) is 11.4 Å². The Morgan fingerprint density at radius 1 is 1.16 bits per heavy atom. The van der Waals surface area contributed by atoms with E-state index in [1.807, 2.05) is 18.2 Å². The van der Waals surface area contributed by atoms with Crippen molar-refractivity contribution in [3.05, 3.63) is 42.0 Å². The lowest BCUT2D eigenvalue weighted by molar-refractivity contribution is -0.119. The molecule has 1 N–H and O–H groups in total. The summed E-state index contributed by atoms with van der Waals surface area (Å²) in [5.74, 6) is 0.505. The van der Waals surface area contributed by atoms with Gasteiger partial charge in [0.15, 0.2) is 0 Å². The summed E-state index contributed by atoms with van der Waals surface area (Å²) in [5.41, 5.74) is 5.21. The molecule has 0 saturated heterocycles. The zero-order chi connectivity index (χ0) is 13.2. The van der Waals surface area contributed by atoms with Crippen LogP contribution < -0.4 is 5.43 Å². The second-order valence-electron chi connectivity index (χ2n) is 4.17. The SMILES string of the molecule is Cc1nc(C2=NNC(=O)C2)cc(-c2ccccn2)n1. The van der Waals surface area contributed by atoms with Gasteiger partial charge in [-0.25, -0.2) is 15.4 Å². The van der Waals surface area contributed by atoms with Crippen molar-refractivity contribution in [3.63, 3.8) is 0 Å². The van der Waals surface area contributed by atoms with Gasteiger partial charge in [0.25, 0.3) is 0 Å². The predicted octanol–water partition coefficient (Wildman–Crippen LogP) is 1.07. The van der Waals surface area contributed by atoms with Crippen molar-refractivity contribution in [1.82, 2.24) is 20.4 Å². The first-order chi connectivity index (χ1) is 9.22. The van der Waals surface area contributed by atoms with Gasteiger partial charge in [0.1, 0.15) is 5.82 Å². The molecular weight excluding hydrogens is 242 g/mol. The molecule has 0 aromatic carbocycles. The van der Waals surface area contributed by atoms with Crippen molar-refractivity contribution in [2.45, 2.75) is 13.3 Å². The second-order valence-corrected chi connectivity index (χ2v) is 4.17. The number of nitrogens with one attached hydrogen (secondary N) is 1. The molecule has 1 aliphatic rings. The average Bonchev–Trinajstić information content (AvgIpc) is 2.86. The van der Waals surface area contributed by atoms with Gasteiger partial charge in [-0.3, -0.25) is 9.78 Å². The van der Waals surface area contributed by atoms with Crippen LogP contribution in [0.1, 0.15) is 17.9 Å².